The van der Waals surface area contributed by atoms with E-state index in [9.17, 15) is 0 Å². The molecule has 0 nitrogen and oxygen atoms in total. The molecule has 1 aromatic carbocycles. The van der Waals surface area contributed by atoms with Crippen LogP contribution in [-0.2, 0) is 0 Å². The standard InChI is InChI=1S/C14H20Br2S/c1-12(2)14(10-15,11-16)8-9-17-13-6-4-3-5-7-13/h3-7,12H,8-11H2,1-2H3. The van der Waals surface area contributed by atoms with Crippen molar-refractivity contribution in [3.63, 3.8) is 0 Å². The van der Waals surface area contributed by atoms with E-state index >= 15 is 0 Å². The Labute approximate surface area is 126 Å². The maximum Gasteiger partial charge on any atom is 0.00987 e. The van der Waals surface area contributed by atoms with Gasteiger partial charge in [-0.1, -0.05) is 63.9 Å². The molecule has 0 spiro atoms. The van der Waals surface area contributed by atoms with Gasteiger partial charge in [-0.05, 0) is 35.6 Å². The van der Waals surface area contributed by atoms with Gasteiger partial charge in [-0.25, -0.2) is 0 Å². The second-order valence-electron chi connectivity index (χ2n) is 4.70. The summed E-state index contributed by atoms with van der Waals surface area (Å²) in [6.07, 6.45) is 1.24. The highest BCUT2D eigenvalue weighted by atomic mass is 79.9. The van der Waals surface area contributed by atoms with Crippen molar-refractivity contribution in [1.82, 2.24) is 0 Å². The van der Waals surface area contributed by atoms with E-state index in [4.69, 9.17) is 0 Å². The van der Waals surface area contributed by atoms with Crippen molar-refractivity contribution >= 4 is 43.6 Å². The molecule has 0 radical (unpaired) electrons. The monoisotopic (exact) mass is 378 g/mol. The van der Waals surface area contributed by atoms with Crippen molar-refractivity contribution in [2.24, 2.45) is 11.3 Å². The van der Waals surface area contributed by atoms with Gasteiger partial charge in [0.05, 0.1) is 0 Å². The Kier molecular flexibility index (Phi) is 7.20. The number of alkyl halides is 2. The molecule has 0 atom stereocenters. The van der Waals surface area contributed by atoms with E-state index in [0.717, 1.165) is 10.7 Å². The lowest BCUT2D eigenvalue weighted by atomic mass is 9.79. The van der Waals surface area contributed by atoms with Gasteiger partial charge in [0.25, 0.3) is 0 Å². The summed E-state index contributed by atoms with van der Waals surface area (Å²) < 4.78 is 0. The number of halogens is 2. The minimum absolute atomic E-state index is 0.377. The second kappa shape index (κ2) is 7.85. The third kappa shape index (κ3) is 4.60. The molecule has 1 rings (SSSR count). The van der Waals surface area contributed by atoms with Crippen LogP contribution in [0.4, 0.5) is 0 Å². The minimum Gasteiger partial charge on any atom is -0.126 e. The van der Waals surface area contributed by atoms with Crippen molar-refractivity contribution < 1.29 is 0 Å². The molecule has 0 fully saturated rings. The predicted molar refractivity (Wildman–Crippen MR) is 86.6 cm³/mol. The molecule has 96 valence electrons. The molecule has 0 unspecified atom stereocenters. The smallest absolute Gasteiger partial charge is 0.00987 e. The largest absolute Gasteiger partial charge is 0.126 e. The Morgan fingerprint density at radius 2 is 1.71 bits per heavy atom. The lowest BCUT2D eigenvalue weighted by Crippen LogP contribution is -2.31. The summed E-state index contributed by atoms with van der Waals surface area (Å²) in [6, 6.07) is 10.6. The van der Waals surface area contributed by atoms with Gasteiger partial charge in [0, 0.05) is 15.6 Å². The Morgan fingerprint density at radius 3 is 2.18 bits per heavy atom. The first-order chi connectivity index (χ1) is 8.14. The molecule has 0 saturated heterocycles. The van der Waals surface area contributed by atoms with Crippen molar-refractivity contribution in [1.29, 1.82) is 0 Å². The summed E-state index contributed by atoms with van der Waals surface area (Å²) in [4.78, 5) is 1.37. The van der Waals surface area contributed by atoms with Crippen LogP contribution in [0.3, 0.4) is 0 Å². The third-order valence-electron chi connectivity index (χ3n) is 3.37. The zero-order chi connectivity index (χ0) is 12.7. The fourth-order valence-electron chi connectivity index (χ4n) is 1.66. The summed E-state index contributed by atoms with van der Waals surface area (Å²) in [5.41, 5.74) is 0.377. The van der Waals surface area contributed by atoms with Crippen LogP contribution in [0.1, 0.15) is 20.3 Å². The molecule has 0 aliphatic heterocycles. The van der Waals surface area contributed by atoms with Gasteiger partial charge in [-0.2, -0.15) is 0 Å². The van der Waals surface area contributed by atoms with Gasteiger partial charge in [-0.15, -0.1) is 11.8 Å². The van der Waals surface area contributed by atoms with E-state index < -0.39 is 0 Å². The number of benzene rings is 1. The first-order valence-electron chi connectivity index (χ1n) is 5.94. The molecule has 0 N–H and O–H groups in total. The van der Waals surface area contributed by atoms with Crippen LogP contribution < -0.4 is 0 Å². The van der Waals surface area contributed by atoms with Crippen molar-refractivity contribution in [3.05, 3.63) is 30.3 Å². The van der Waals surface area contributed by atoms with Gasteiger partial charge in [0.1, 0.15) is 0 Å². The average molecular weight is 380 g/mol. The van der Waals surface area contributed by atoms with Crippen molar-refractivity contribution in [3.8, 4) is 0 Å². The average Bonchev–Trinajstić information content (AvgIpc) is 2.36. The zero-order valence-corrected chi connectivity index (χ0v) is 14.4. The lowest BCUT2D eigenvalue weighted by Gasteiger charge is -2.34. The topological polar surface area (TPSA) is 0 Å². The summed E-state index contributed by atoms with van der Waals surface area (Å²) in [5, 5.41) is 2.14. The Bertz CT molecular complexity index is 307. The van der Waals surface area contributed by atoms with E-state index in [1.165, 1.54) is 17.1 Å². The van der Waals surface area contributed by atoms with Crippen LogP contribution in [-0.4, -0.2) is 16.4 Å². The normalized spacial score (nSPS) is 12.1. The zero-order valence-electron chi connectivity index (χ0n) is 10.5. The first kappa shape index (κ1) is 15.6. The molecule has 17 heavy (non-hydrogen) atoms. The summed E-state index contributed by atoms with van der Waals surface area (Å²) in [5.74, 6) is 1.87. The van der Waals surface area contributed by atoms with Gasteiger partial charge in [0.2, 0.25) is 0 Å². The number of thioether (sulfide) groups is 1. The molecule has 0 amide bonds. The van der Waals surface area contributed by atoms with E-state index in [0.29, 0.717) is 11.3 Å². The van der Waals surface area contributed by atoms with Gasteiger partial charge in [0.15, 0.2) is 0 Å². The van der Waals surface area contributed by atoms with E-state index in [1.807, 2.05) is 11.8 Å². The number of rotatable bonds is 7. The molecule has 0 bridgehead atoms. The van der Waals surface area contributed by atoms with E-state index in [2.05, 4.69) is 76.0 Å². The highest BCUT2D eigenvalue weighted by Crippen LogP contribution is 2.37. The molecule has 0 aromatic heterocycles. The highest BCUT2D eigenvalue weighted by molar-refractivity contribution is 9.09. The summed E-state index contributed by atoms with van der Waals surface area (Å²) in [7, 11) is 0. The van der Waals surface area contributed by atoms with E-state index in [-0.39, 0.29) is 0 Å². The highest BCUT2D eigenvalue weighted by Gasteiger charge is 2.31. The van der Waals surface area contributed by atoms with Crippen LogP contribution in [0.5, 0.6) is 0 Å². The fraction of sp³-hybridized carbons (Fsp3) is 0.571. The molecule has 0 aliphatic carbocycles. The molecule has 3 heteroatoms. The quantitative estimate of drug-likeness (QED) is 0.438. The van der Waals surface area contributed by atoms with Crippen LogP contribution in [0, 0.1) is 11.3 Å². The number of hydrogen-bond donors (Lipinski definition) is 0. The Balaban J connectivity index is 2.48. The minimum atomic E-state index is 0.377. The lowest BCUT2D eigenvalue weighted by molar-refractivity contribution is 0.262. The van der Waals surface area contributed by atoms with Crippen molar-refractivity contribution in [2.45, 2.75) is 25.2 Å². The molecular weight excluding hydrogens is 360 g/mol. The third-order valence-corrected chi connectivity index (χ3v) is 6.62. The van der Waals surface area contributed by atoms with E-state index in [1.54, 1.807) is 0 Å². The molecule has 0 aliphatic rings. The SMILES string of the molecule is CC(C)C(CBr)(CBr)CCSc1ccccc1. The number of hydrogen-bond acceptors (Lipinski definition) is 1. The Morgan fingerprint density at radius 1 is 1.12 bits per heavy atom. The second-order valence-corrected chi connectivity index (χ2v) is 6.99. The Hall–Kier alpha value is 0.530. The van der Waals surface area contributed by atoms with Gasteiger partial charge >= 0.3 is 0 Å². The molecule has 0 heterocycles. The van der Waals surface area contributed by atoms with Gasteiger partial charge in [-0.3, -0.25) is 0 Å². The predicted octanol–water partition coefficient (Wildman–Crippen LogP) is 5.60. The van der Waals surface area contributed by atoms with Crippen LogP contribution in [0.25, 0.3) is 0 Å². The maximum atomic E-state index is 3.68. The first-order valence-corrected chi connectivity index (χ1v) is 9.17. The molecule has 1 aromatic rings. The van der Waals surface area contributed by atoms with Crippen LogP contribution in [0.2, 0.25) is 0 Å². The van der Waals surface area contributed by atoms with Crippen molar-refractivity contribution in [2.75, 3.05) is 16.4 Å². The van der Waals surface area contributed by atoms with Crippen LogP contribution in [0.15, 0.2) is 35.2 Å². The van der Waals surface area contributed by atoms with Crippen LogP contribution >= 0.6 is 43.6 Å². The van der Waals surface area contributed by atoms with Gasteiger partial charge < -0.3 is 0 Å². The molecule has 0 saturated carbocycles. The fourth-order valence-corrected chi connectivity index (χ4v) is 5.53. The maximum absolute atomic E-state index is 3.68. The summed E-state index contributed by atoms with van der Waals surface area (Å²) >= 11 is 9.32. The molecular formula is C14H20Br2S. The summed E-state index contributed by atoms with van der Waals surface area (Å²) in [6.45, 7) is 4.63.